The minimum absolute atomic E-state index is 0.0312. The van der Waals surface area contributed by atoms with Crippen molar-refractivity contribution >= 4 is 40.3 Å². The molecule has 3 aromatic rings. The van der Waals surface area contributed by atoms with Gasteiger partial charge in [-0.05, 0) is 29.8 Å². The Kier molecular flexibility index (Phi) is 4.15. The highest BCUT2D eigenvalue weighted by Gasteiger charge is 2.16. The SMILES string of the molecule is O=C(O)Oc1cc2c(F)cccc2n1Cc1ccc(Cl)c(Cl)c1. The number of fused-ring (bicyclic) bond motifs is 1. The van der Waals surface area contributed by atoms with Crippen LogP contribution in [-0.4, -0.2) is 15.8 Å². The van der Waals surface area contributed by atoms with Gasteiger partial charge in [0.05, 0.1) is 22.1 Å². The predicted octanol–water partition coefficient (Wildman–Crippen LogP) is 5.19. The number of rotatable bonds is 3. The van der Waals surface area contributed by atoms with Crippen LogP contribution in [0.25, 0.3) is 10.9 Å². The Balaban J connectivity index is 2.11. The van der Waals surface area contributed by atoms with Gasteiger partial charge in [0.2, 0.25) is 5.88 Å². The predicted molar refractivity (Wildman–Crippen MR) is 86.1 cm³/mol. The fourth-order valence-corrected chi connectivity index (χ4v) is 2.70. The minimum Gasteiger partial charge on any atom is -0.449 e. The maximum Gasteiger partial charge on any atom is 0.512 e. The van der Waals surface area contributed by atoms with Crippen molar-refractivity contribution in [2.75, 3.05) is 0 Å². The summed E-state index contributed by atoms with van der Waals surface area (Å²) in [4.78, 5) is 10.9. The third-order valence-corrected chi connectivity index (χ3v) is 4.11. The Morgan fingerprint density at radius 1 is 1.17 bits per heavy atom. The van der Waals surface area contributed by atoms with Gasteiger partial charge < -0.3 is 14.4 Å². The molecule has 4 nitrogen and oxygen atoms in total. The van der Waals surface area contributed by atoms with Gasteiger partial charge in [-0.15, -0.1) is 0 Å². The van der Waals surface area contributed by atoms with Crippen LogP contribution in [0.3, 0.4) is 0 Å². The molecule has 0 aliphatic rings. The van der Waals surface area contributed by atoms with Gasteiger partial charge in [0.1, 0.15) is 5.82 Å². The highest BCUT2D eigenvalue weighted by Crippen LogP contribution is 2.30. The molecule has 2 aromatic carbocycles. The molecule has 1 N–H and O–H groups in total. The Hall–Kier alpha value is -2.24. The van der Waals surface area contributed by atoms with Crippen molar-refractivity contribution in [3.05, 3.63) is 63.9 Å². The summed E-state index contributed by atoms with van der Waals surface area (Å²) in [5, 5.41) is 9.95. The molecule has 0 unspecified atom stereocenters. The summed E-state index contributed by atoms with van der Waals surface area (Å²) in [5.41, 5.74) is 1.30. The van der Waals surface area contributed by atoms with Gasteiger partial charge in [0.25, 0.3) is 0 Å². The van der Waals surface area contributed by atoms with Crippen LogP contribution >= 0.6 is 23.2 Å². The molecule has 1 heterocycles. The van der Waals surface area contributed by atoms with Crippen molar-refractivity contribution < 1.29 is 19.0 Å². The average molecular weight is 354 g/mol. The first kappa shape index (κ1) is 15.6. The molecule has 23 heavy (non-hydrogen) atoms. The van der Waals surface area contributed by atoms with E-state index in [1.807, 2.05) is 0 Å². The van der Waals surface area contributed by atoms with Crippen LogP contribution in [-0.2, 0) is 6.54 Å². The molecule has 0 fully saturated rings. The number of carbonyl (C=O) groups is 1. The molecule has 0 aliphatic heterocycles. The van der Waals surface area contributed by atoms with Gasteiger partial charge in [-0.25, -0.2) is 9.18 Å². The molecule has 0 atom stereocenters. The Bertz CT molecular complexity index is 908. The molecule has 7 heteroatoms. The smallest absolute Gasteiger partial charge is 0.449 e. The van der Waals surface area contributed by atoms with Gasteiger partial charge >= 0.3 is 6.16 Å². The average Bonchev–Trinajstić information content (AvgIpc) is 2.82. The number of nitrogens with zero attached hydrogens (tertiary/aromatic N) is 1. The molecule has 0 aliphatic carbocycles. The number of halogens is 3. The fraction of sp³-hybridized carbons (Fsp3) is 0.0625. The molecule has 1 aromatic heterocycles. The molecule has 0 spiro atoms. The largest absolute Gasteiger partial charge is 0.512 e. The molecule has 0 radical (unpaired) electrons. The molecule has 118 valence electrons. The number of ether oxygens (including phenoxy) is 1. The van der Waals surface area contributed by atoms with E-state index < -0.39 is 12.0 Å². The van der Waals surface area contributed by atoms with E-state index in [0.29, 0.717) is 15.6 Å². The Labute approximate surface area is 140 Å². The second-order valence-corrected chi connectivity index (χ2v) is 5.67. The minimum atomic E-state index is -1.47. The van der Waals surface area contributed by atoms with Gasteiger partial charge in [-0.3, -0.25) is 0 Å². The van der Waals surface area contributed by atoms with Crippen LogP contribution in [0.2, 0.25) is 10.0 Å². The second-order valence-electron chi connectivity index (χ2n) is 4.86. The zero-order valence-electron chi connectivity index (χ0n) is 11.6. The van der Waals surface area contributed by atoms with Crippen LogP contribution in [0.1, 0.15) is 5.56 Å². The maximum atomic E-state index is 13.9. The van der Waals surface area contributed by atoms with Gasteiger partial charge in [-0.1, -0.05) is 35.3 Å². The van der Waals surface area contributed by atoms with Crippen molar-refractivity contribution in [1.82, 2.24) is 4.57 Å². The topological polar surface area (TPSA) is 51.5 Å². The van der Waals surface area contributed by atoms with Gasteiger partial charge in [0, 0.05) is 11.5 Å². The fourth-order valence-electron chi connectivity index (χ4n) is 2.38. The third kappa shape index (κ3) is 3.11. The van der Waals surface area contributed by atoms with Gasteiger partial charge in [0.15, 0.2) is 0 Å². The molecule has 0 bridgehead atoms. The number of hydrogen-bond acceptors (Lipinski definition) is 2. The van der Waals surface area contributed by atoms with Crippen LogP contribution in [0.5, 0.6) is 5.88 Å². The number of hydrogen-bond donors (Lipinski definition) is 1. The first-order chi connectivity index (χ1) is 11.0. The van der Waals surface area contributed by atoms with Crippen LogP contribution in [0.15, 0.2) is 42.5 Å². The second kappa shape index (κ2) is 6.10. The summed E-state index contributed by atoms with van der Waals surface area (Å²) in [6.45, 7) is 0.256. The van der Waals surface area contributed by atoms with E-state index in [0.717, 1.165) is 5.56 Å². The van der Waals surface area contributed by atoms with E-state index in [4.69, 9.17) is 33.0 Å². The van der Waals surface area contributed by atoms with E-state index in [1.54, 1.807) is 34.9 Å². The van der Waals surface area contributed by atoms with E-state index in [1.165, 1.54) is 12.1 Å². The lowest BCUT2D eigenvalue weighted by Gasteiger charge is -2.10. The van der Waals surface area contributed by atoms with Crippen LogP contribution in [0.4, 0.5) is 9.18 Å². The third-order valence-electron chi connectivity index (χ3n) is 3.37. The standard InChI is InChI=1S/C16H10Cl2FNO3/c17-11-5-4-9(6-12(11)18)8-20-14-3-1-2-13(19)10(14)7-15(20)23-16(21)22/h1-7H,8H2,(H,21,22). The number of aromatic nitrogens is 1. The summed E-state index contributed by atoms with van der Waals surface area (Å²) in [5.74, 6) is -0.422. The Morgan fingerprint density at radius 3 is 2.65 bits per heavy atom. The normalized spacial score (nSPS) is 10.9. The van der Waals surface area contributed by atoms with Crippen LogP contribution in [0, 0.1) is 5.82 Å². The molecular formula is C16H10Cl2FNO3. The van der Waals surface area contributed by atoms with Crippen molar-refractivity contribution in [2.24, 2.45) is 0 Å². The summed E-state index contributed by atoms with van der Waals surface area (Å²) in [6, 6.07) is 11.0. The molecule has 0 saturated heterocycles. The van der Waals surface area contributed by atoms with E-state index in [2.05, 4.69) is 0 Å². The summed E-state index contributed by atoms with van der Waals surface area (Å²) in [7, 11) is 0. The highest BCUT2D eigenvalue weighted by molar-refractivity contribution is 6.42. The van der Waals surface area contributed by atoms with Crippen LogP contribution < -0.4 is 4.74 Å². The summed E-state index contributed by atoms with van der Waals surface area (Å²) in [6.07, 6.45) is -1.47. The number of benzene rings is 2. The van der Waals surface area contributed by atoms with Crippen molar-refractivity contribution in [3.63, 3.8) is 0 Å². The highest BCUT2D eigenvalue weighted by atomic mass is 35.5. The lowest BCUT2D eigenvalue weighted by Crippen LogP contribution is -2.09. The lowest BCUT2D eigenvalue weighted by molar-refractivity contribution is 0.141. The zero-order valence-corrected chi connectivity index (χ0v) is 13.1. The monoisotopic (exact) mass is 353 g/mol. The first-order valence-electron chi connectivity index (χ1n) is 6.58. The molecule has 0 saturated carbocycles. The number of carboxylic acid groups (broad SMARTS) is 1. The Morgan fingerprint density at radius 2 is 1.96 bits per heavy atom. The molecule has 3 rings (SSSR count). The molecule has 0 amide bonds. The van der Waals surface area contributed by atoms with E-state index >= 15 is 0 Å². The maximum absolute atomic E-state index is 13.9. The van der Waals surface area contributed by atoms with Crippen molar-refractivity contribution in [2.45, 2.75) is 6.54 Å². The quantitative estimate of drug-likeness (QED) is 0.659. The van der Waals surface area contributed by atoms with Gasteiger partial charge in [-0.2, -0.15) is 0 Å². The van der Waals surface area contributed by atoms with Crippen molar-refractivity contribution in [3.8, 4) is 5.88 Å². The lowest BCUT2D eigenvalue weighted by atomic mass is 10.2. The summed E-state index contributed by atoms with van der Waals surface area (Å²) < 4.78 is 20.2. The zero-order chi connectivity index (χ0) is 16.6. The molecular weight excluding hydrogens is 344 g/mol. The van der Waals surface area contributed by atoms with E-state index in [9.17, 15) is 9.18 Å². The van der Waals surface area contributed by atoms with E-state index in [-0.39, 0.29) is 17.8 Å². The van der Waals surface area contributed by atoms with Crippen molar-refractivity contribution in [1.29, 1.82) is 0 Å². The summed E-state index contributed by atoms with van der Waals surface area (Å²) >= 11 is 11.9. The first-order valence-corrected chi connectivity index (χ1v) is 7.34.